The average Bonchev–Trinajstić information content (AvgIpc) is 3.13. The number of cyclic esters (lactones) is 1. The first-order valence-electron chi connectivity index (χ1n) is 8.97. The largest absolute Gasteiger partial charge is 0.457 e. The number of hydrogen-bond donors (Lipinski definition) is 2. The summed E-state index contributed by atoms with van der Waals surface area (Å²) >= 11 is 0. The van der Waals surface area contributed by atoms with Crippen LogP contribution in [-0.4, -0.2) is 41.1 Å². The predicted octanol–water partition coefficient (Wildman–Crippen LogP) is 2.32. The Morgan fingerprint density at radius 1 is 1.44 bits per heavy atom. The molecule has 2 fully saturated rings. The fourth-order valence-corrected chi connectivity index (χ4v) is 4.53. The van der Waals surface area contributed by atoms with Gasteiger partial charge in [0, 0.05) is 24.2 Å². The predicted molar refractivity (Wildman–Crippen MR) is 97.8 cm³/mol. The van der Waals surface area contributed by atoms with Crippen molar-refractivity contribution in [2.45, 2.75) is 50.9 Å². The summed E-state index contributed by atoms with van der Waals surface area (Å²) in [5.74, 6) is 0.302. The van der Waals surface area contributed by atoms with Gasteiger partial charge in [-0.3, -0.25) is 0 Å². The zero-order valence-corrected chi connectivity index (χ0v) is 15.5. The van der Waals surface area contributed by atoms with Crippen molar-refractivity contribution in [1.29, 1.82) is 0 Å². The molecule has 138 valence electrons. The normalized spacial score (nSPS) is 25.7. The van der Waals surface area contributed by atoms with Crippen molar-refractivity contribution >= 4 is 18.4 Å². The topological polar surface area (TPSA) is 75.8 Å². The van der Waals surface area contributed by atoms with Crippen LogP contribution >= 0.6 is 12.4 Å². The Morgan fingerprint density at radius 2 is 2.20 bits per heavy atom. The summed E-state index contributed by atoms with van der Waals surface area (Å²) in [7, 11) is 0. The first kappa shape index (κ1) is 18.6. The first-order chi connectivity index (χ1) is 11.5. The highest BCUT2D eigenvalue weighted by Crippen LogP contribution is 2.40. The summed E-state index contributed by atoms with van der Waals surface area (Å²) in [6.45, 7) is 4.91. The molecule has 2 aliphatic heterocycles. The molecule has 5 nitrogen and oxygen atoms in total. The maximum absolute atomic E-state index is 11.6. The lowest BCUT2D eigenvalue weighted by Crippen LogP contribution is -2.53. The quantitative estimate of drug-likeness (QED) is 0.800. The van der Waals surface area contributed by atoms with E-state index >= 15 is 0 Å². The van der Waals surface area contributed by atoms with Crippen molar-refractivity contribution < 1.29 is 14.6 Å². The molecule has 3 aliphatic rings. The Kier molecular flexibility index (Phi) is 5.13. The number of aliphatic hydroxyl groups excluding tert-OH is 1. The molecular weight excluding hydrogens is 340 g/mol. The van der Waals surface area contributed by atoms with E-state index in [0.29, 0.717) is 24.6 Å². The number of carbonyl (C=O) groups is 1. The second-order valence-electron chi connectivity index (χ2n) is 7.73. The van der Waals surface area contributed by atoms with Crippen LogP contribution in [0.3, 0.4) is 0 Å². The van der Waals surface area contributed by atoms with Gasteiger partial charge in [-0.1, -0.05) is 6.07 Å². The Hall–Kier alpha value is -1.14. The van der Waals surface area contributed by atoms with E-state index in [0.717, 1.165) is 49.0 Å². The van der Waals surface area contributed by atoms with E-state index in [2.05, 4.69) is 4.90 Å². The molecule has 6 heteroatoms. The zero-order chi connectivity index (χ0) is 16.9. The molecule has 0 aromatic heterocycles. The molecule has 0 spiro atoms. The van der Waals surface area contributed by atoms with Gasteiger partial charge in [-0.25, -0.2) is 4.79 Å². The number of β-amino-alcohol motifs (C(OH)–C–C–N with tert-alkyl or cyclic N) is 1. The standard InChI is InChI=1S/C19H26N2O3.ClH/c1-12-14(3-4-15-16(12)11-24-18(15)23)17(22)10-21-8-5-13(9-21)19(20)6-2-7-19;/h3-4,13,17,22H,2,5-11,20H2,1H3;1H/t13?,17-;/m1./s1. The van der Waals surface area contributed by atoms with Crippen LogP contribution in [0.2, 0.25) is 0 Å². The lowest BCUT2D eigenvalue weighted by atomic mass is 9.68. The Morgan fingerprint density at radius 3 is 2.88 bits per heavy atom. The molecule has 2 heterocycles. The first-order valence-corrected chi connectivity index (χ1v) is 8.97. The number of ether oxygens (including phenoxy) is 1. The number of halogens is 1. The van der Waals surface area contributed by atoms with Crippen molar-refractivity contribution in [1.82, 2.24) is 4.90 Å². The minimum absolute atomic E-state index is 0. The fraction of sp³-hybridized carbons (Fsp3) is 0.632. The van der Waals surface area contributed by atoms with Gasteiger partial charge in [-0.15, -0.1) is 12.4 Å². The zero-order valence-electron chi connectivity index (χ0n) is 14.7. The molecule has 0 amide bonds. The number of fused-ring (bicyclic) bond motifs is 1. The van der Waals surface area contributed by atoms with Gasteiger partial charge in [0.25, 0.3) is 0 Å². The Balaban J connectivity index is 0.00000182. The number of nitrogens with two attached hydrogens (primary N) is 1. The van der Waals surface area contributed by atoms with Crippen molar-refractivity contribution in [3.05, 3.63) is 34.4 Å². The molecule has 1 aliphatic carbocycles. The molecule has 1 aromatic rings. The second-order valence-corrected chi connectivity index (χ2v) is 7.73. The molecule has 0 radical (unpaired) electrons. The molecular formula is C19H27ClN2O3. The monoisotopic (exact) mass is 366 g/mol. The van der Waals surface area contributed by atoms with Crippen molar-refractivity contribution in [2.24, 2.45) is 11.7 Å². The molecule has 1 saturated heterocycles. The van der Waals surface area contributed by atoms with Gasteiger partial charge >= 0.3 is 5.97 Å². The van der Waals surface area contributed by atoms with Crippen LogP contribution in [0.25, 0.3) is 0 Å². The number of hydrogen-bond acceptors (Lipinski definition) is 5. The van der Waals surface area contributed by atoms with Crippen LogP contribution in [0.4, 0.5) is 0 Å². The second kappa shape index (κ2) is 6.88. The number of carbonyl (C=O) groups excluding carboxylic acids is 1. The van der Waals surface area contributed by atoms with E-state index < -0.39 is 6.10 Å². The van der Waals surface area contributed by atoms with Gasteiger partial charge in [0.1, 0.15) is 6.61 Å². The highest BCUT2D eigenvalue weighted by atomic mass is 35.5. The third-order valence-electron chi connectivity index (χ3n) is 6.37. The fourth-order valence-electron chi connectivity index (χ4n) is 4.53. The molecule has 4 rings (SSSR count). The minimum Gasteiger partial charge on any atom is -0.457 e. The third kappa shape index (κ3) is 3.19. The summed E-state index contributed by atoms with van der Waals surface area (Å²) < 4.78 is 5.10. The maximum atomic E-state index is 11.6. The number of nitrogens with zero attached hydrogens (tertiary/aromatic N) is 1. The average molecular weight is 367 g/mol. The number of rotatable bonds is 4. The SMILES string of the molecule is Cc1c([C@H](O)CN2CCC(C3(N)CCC3)C2)ccc2c1COC2=O.Cl. The van der Waals surface area contributed by atoms with Gasteiger partial charge < -0.3 is 20.5 Å². The Bertz CT molecular complexity index is 675. The highest BCUT2D eigenvalue weighted by molar-refractivity contribution is 5.93. The van der Waals surface area contributed by atoms with E-state index in [1.54, 1.807) is 6.07 Å². The van der Waals surface area contributed by atoms with Crippen LogP contribution < -0.4 is 5.73 Å². The summed E-state index contributed by atoms with van der Waals surface area (Å²) in [6, 6.07) is 3.65. The van der Waals surface area contributed by atoms with Crippen LogP contribution in [0.15, 0.2) is 12.1 Å². The molecule has 0 bridgehead atoms. The summed E-state index contributed by atoms with van der Waals surface area (Å²) in [5.41, 5.74) is 9.97. The van der Waals surface area contributed by atoms with Crippen LogP contribution in [0.5, 0.6) is 0 Å². The van der Waals surface area contributed by atoms with E-state index in [9.17, 15) is 9.90 Å². The van der Waals surface area contributed by atoms with Crippen LogP contribution in [0.1, 0.15) is 58.8 Å². The van der Waals surface area contributed by atoms with Crippen molar-refractivity contribution in [3.8, 4) is 0 Å². The Labute approximate surface area is 154 Å². The minimum atomic E-state index is -0.542. The summed E-state index contributed by atoms with van der Waals surface area (Å²) in [6.07, 6.45) is 4.14. The van der Waals surface area contributed by atoms with Gasteiger partial charge in [-0.05, 0) is 62.3 Å². The van der Waals surface area contributed by atoms with Gasteiger partial charge in [-0.2, -0.15) is 0 Å². The lowest BCUT2D eigenvalue weighted by molar-refractivity contribution is 0.0535. The van der Waals surface area contributed by atoms with Crippen molar-refractivity contribution in [3.63, 3.8) is 0 Å². The van der Waals surface area contributed by atoms with Gasteiger partial charge in [0.15, 0.2) is 0 Å². The van der Waals surface area contributed by atoms with E-state index in [1.165, 1.54) is 6.42 Å². The molecule has 1 saturated carbocycles. The number of benzene rings is 1. The molecule has 2 atom stereocenters. The number of likely N-dealkylation sites (tertiary alicyclic amines) is 1. The van der Waals surface area contributed by atoms with Gasteiger partial charge in [0.2, 0.25) is 0 Å². The smallest absolute Gasteiger partial charge is 0.338 e. The van der Waals surface area contributed by atoms with Crippen LogP contribution in [-0.2, 0) is 11.3 Å². The third-order valence-corrected chi connectivity index (χ3v) is 6.37. The van der Waals surface area contributed by atoms with Crippen LogP contribution in [0, 0.1) is 12.8 Å². The molecule has 1 aromatic carbocycles. The summed E-state index contributed by atoms with van der Waals surface area (Å²) in [4.78, 5) is 14.0. The number of aliphatic hydroxyl groups is 1. The lowest BCUT2D eigenvalue weighted by Gasteiger charge is -2.43. The van der Waals surface area contributed by atoms with E-state index in [1.807, 2.05) is 13.0 Å². The highest BCUT2D eigenvalue weighted by Gasteiger charge is 2.43. The molecule has 1 unspecified atom stereocenters. The molecule has 3 N–H and O–H groups in total. The van der Waals surface area contributed by atoms with Crippen molar-refractivity contribution in [2.75, 3.05) is 19.6 Å². The number of esters is 1. The van der Waals surface area contributed by atoms with E-state index in [-0.39, 0.29) is 23.9 Å². The van der Waals surface area contributed by atoms with Gasteiger partial charge in [0.05, 0.1) is 11.7 Å². The van der Waals surface area contributed by atoms with E-state index in [4.69, 9.17) is 10.5 Å². The molecule has 25 heavy (non-hydrogen) atoms. The maximum Gasteiger partial charge on any atom is 0.338 e. The summed E-state index contributed by atoms with van der Waals surface area (Å²) in [5, 5.41) is 10.7.